The molecule has 1 atom stereocenters. The fourth-order valence-electron chi connectivity index (χ4n) is 1.76. The Bertz CT molecular complexity index is 572. The maximum Gasteiger partial charge on any atom is 0.140 e. The van der Waals surface area contributed by atoms with Crippen molar-refractivity contribution < 1.29 is 8.78 Å². The first-order valence-electron chi connectivity index (χ1n) is 6.01. The van der Waals surface area contributed by atoms with Gasteiger partial charge in [0.25, 0.3) is 0 Å². The molecule has 0 aliphatic carbocycles. The van der Waals surface area contributed by atoms with E-state index < -0.39 is 11.6 Å². The van der Waals surface area contributed by atoms with Crippen LogP contribution in [-0.2, 0) is 0 Å². The average molecular weight is 279 g/mol. The van der Waals surface area contributed by atoms with Crippen LogP contribution in [-0.4, -0.2) is 7.05 Å². The SMILES string of the molecule is CNC(C)c1ccccc1Sc1ccc(F)cc1F. The maximum atomic E-state index is 13.7. The highest BCUT2D eigenvalue weighted by Crippen LogP contribution is 2.34. The van der Waals surface area contributed by atoms with Crippen molar-refractivity contribution in [2.75, 3.05) is 7.05 Å². The summed E-state index contributed by atoms with van der Waals surface area (Å²) in [5.74, 6) is -1.09. The normalized spacial score (nSPS) is 12.4. The number of hydrogen-bond donors (Lipinski definition) is 1. The van der Waals surface area contributed by atoms with Crippen LogP contribution in [0.5, 0.6) is 0 Å². The van der Waals surface area contributed by atoms with Gasteiger partial charge in [0.05, 0.1) is 0 Å². The van der Waals surface area contributed by atoms with E-state index in [1.165, 1.54) is 23.9 Å². The van der Waals surface area contributed by atoms with E-state index in [4.69, 9.17) is 0 Å². The largest absolute Gasteiger partial charge is 0.313 e. The Morgan fingerprint density at radius 1 is 1.05 bits per heavy atom. The molecule has 0 radical (unpaired) electrons. The highest BCUT2D eigenvalue weighted by molar-refractivity contribution is 7.99. The molecule has 0 bridgehead atoms. The summed E-state index contributed by atoms with van der Waals surface area (Å²) >= 11 is 1.31. The minimum atomic E-state index is -0.557. The first-order valence-corrected chi connectivity index (χ1v) is 6.82. The van der Waals surface area contributed by atoms with E-state index in [-0.39, 0.29) is 6.04 Å². The van der Waals surface area contributed by atoms with E-state index in [1.54, 1.807) is 0 Å². The lowest BCUT2D eigenvalue weighted by molar-refractivity contribution is 0.565. The van der Waals surface area contributed by atoms with Gasteiger partial charge in [0.1, 0.15) is 11.6 Å². The van der Waals surface area contributed by atoms with Crippen LogP contribution in [0.1, 0.15) is 18.5 Å². The highest BCUT2D eigenvalue weighted by atomic mass is 32.2. The van der Waals surface area contributed by atoms with Gasteiger partial charge in [0.2, 0.25) is 0 Å². The van der Waals surface area contributed by atoms with Gasteiger partial charge in [-0.25, -0.2) is 8.78 Å². The fraction of sp³-hybridized carbons (Fsp3) is 0.200. The first-order chi connectivity index (χ1) is 9.11. The molecule has 0 aliphatic rings. The predicted octanol–water partition coefficient (Wildman–Crippen LogP) is 4.40. The van der Waals surface area contributed by atoms with Gasteiger partial charge in [0.15, 0.2) is 0 Å². The maximum absolute atomic E-state index is 13.7. The number of rotatable bonds is 4. The number of hydrogen-bond acceptors (Lipinski definition) is 2. The molecular formula is C15H15F2NS. The zero-order valence-electron chi connectivity index (χ0n) is 10.8. The summed E-state index contributed by atoms with van der Waals surface area (Å²) in [7, 11) is 1.88. The molecule has 1 nitrogen and oxygen atoms in total. The predicted molar refractivity (Wildman–Crippen MR) is 74.4 cm³/mol. The summed E-state index contributed by atoms with van der Waals surface area (Å²) in [6.45, 7) is 2.04. The number of benzene rings is 2. The van der Waals surface area contributed by atoms with Crippen molar-refractivity contribution in [3.63, 3.8) is 0 Å². The van der Waals surface area contributed by atoms with E-state index in [9.17, 15) is 8.78 Å². The summed E-state index contributed by atoms with van der Waals surface area (Å²) in [6, 6.07) is 11.6. The molecule has 0 amide bonds. The Morgan fingerprint density at radius 3 is 2.47 bits per heavy atom. The van der Waals surface area contributed by atoms with Gasteiger partial charge in [-0.15, -0.1) is 0 Å². The van der Waals surface area contributed by atoms with Crippen molar-refractivity contribution in [3.05, 3.63) is 59.7 Å². The van der Waals surface area contributed by atoms with Crippen molar-refractivity contribution in [3.8, 4) is 0 Å². The lowest BCUT2D eigenvalue weighted by Crippen LogP contribution is -2.13. The van der Waals surface area contributed by atoms with Gasteiger partial charge >= 0.3 is 0 Å². The molecule has 0 saturated heterocycles. The van der Waals surface area contributed by atoms with Crippen LogP contribution < -0.4 is 5.32 Å². The minimum Gasteiger partial charge on any atom is -0.313 e. The first kappa shape index (κ1) is 14.0. The summed E-state index contributed by atoms with van der Waals surface area (Å²) in [6.07, 6.45) is 0. The van der Waals surface area contributed by atoms with E-state index in [1.807, 2.05) is 38.2 Å². The molecule has 0 aromatic heterocycles. The molecule has 1 unspecified atom stereocenters. The van der Waals surface area contributed by atoms with Gasteiger partial charge in [-0.05, 0) is 37.7 Å². The average Bonchev–Trinajstić information content (AvgIpc) is 2.41. The molecule has 4 heteroatoms. The third kappa shape index (κ3) is 3.33. The second-order valence-electron chi connectivity index (χ2n) is 4.22. The van der Waals surface area contributed by atoms with Crippen molar-refractivity contribution >= 4 is 11.8 Å². The Kier molecular flexibility index (Phi) is 4.56. The second-order valence-corrected chi connectivity index (χ2v) is 5.31. The molecule has 2 aromatic carbocycles. The van der Waals surface area contributed by atoms with Gasteiger partial charge in [-0.1, -0.05) is 30.0 Å². The molecule has 19 heavy (non-hydrogen) atoms. The standard InChI is InChI=1S/C15H15F2NS/c1-10(18-2)12-5-3-4-6-14(12)19-15-8-7-11(16)9-13(15)17/h3-10,18H,1-2H3. The summed E-state index contributed by atoms with van der Waals surface area (Å²) < 4.78 is 26.6. The minimum absolute atomic E-state index is 0.173. The van der Waals surface area contributed by atoms with Gasteiger partial charge in [-0.2, -0.15) is 0 Å². The topological polar surface area (TPSA) is 12.0 Å². The Hall–Kier alpha value is -1.39. The van der Waals surface area contributed by atoms with Crippen molar-refractivity contribution in [2.24, 2.45) is 0 Å². The van der Waals surface area contributed by atoms with Crippen molar-refractivity contribution in [1.82, 2.24) is 5.32 Å². The third-order valence-electron chi connectivity index (χ3n) is 2.93. The molecule has 1 N–H and O–H groups in total. The zero-order chi connectivity index (χ0) is 13.8. The molecule has 0 fully saturated rings. The molecular weight excluding hydrogens is 264 g/mol. The third-order valence-corrected chi connectivity index (χ3v) is 4.08. The number of halogens is 2. The number of nitrogens with one attached hydrogen (secondary N) is 1. The molecule has 100 valence electrons. The summed E-state index contributed by atoms with van der Waals surface area (Å²) in [4.78, 5) is 1.40. The van der Waals surface area contributed by atoms with Crippen LogP contribution >= 0.6 is 11.8 Å². The van der Waals surface area contributed by atoms with Crippen molar-refractivity contribution in [1.29, 1.82) is 0 Å². The van der Waals surface area contributed by atoms with Crippen LogP contribution in [0.25, 0.3) is 0 Å². The van der Waals surface area contributed by atoms with Gasteiger partial charge < -0.3 is 5.32 Å². The summed E-state index contributed by atoms with van der Waals surface area (Å²) in [5.41, 5.74) is 1.10. The molecule has 0 saturated carbocycles. The Labute approximate surface area is 116 Å². The fourth-order valence-corrected chi connectivity index (χ4v) is 2.80. The molecule has 0 spiro atoms. The molecule has 0 heterocycles. The lowest BCUT2D eigenvalue weighted by Gasteiger charge is -2.15. The van der Waals surface area contributed by atoms with Gasteiger partial charge in [0, 0.05) is 21.9 Å². The molecule has 0 aliphatic heterocycles. The van der Waals surface area contributed by atoms with Crippen LogP contribution in [0.15, 0.2) is 52.3 Å². The molecule has 2 rings (SSSR count). The van der Waals surface area contributed by atoms with E-state index in [0.717, 1.165) is 16.5 Å². The van der Waals surface area contributed by atoms with Crippen LogP contribution in [0.2, 0.25) is 0 Å². The van der Waals surface area contributed by atoms with E-state index >= 15 is 0 Å². The lowest BCUT2D eigenvalue weighted by atomic mass is 10.1. The Morgan fingerprint density at radius 2 is 1.79 bits per heavy atom. The van der Waals surface area contributed by atoms with Crippen molar-refractivity contribution in [2.45, 2.75) is 22.8 Å². The highest BCUT2D eigenvalue weighted by Gasteiger charge is 2.12. The van der Waals surface area contributed by atoms with Gasteiger partial charge in [-0.3, -0.25) is 0 Å². The van der Waals surface area contributed by atoms with E-state index in [2.05, 4.69) is 5.32 Å². The second kappa shape index (κ2) is 6.17. The Balaban J connectivity index is 2.33. The van der Waals surface area contributed by atoms with E-state index in [0.29, 0.717) is 4.90 Å². The van der Waals surface area contributed by atoms with Crippen LogP contribution in [0, 0.1) is 11.6 Å². The zero-order valence-corrected chi connectivity index (χ0v) is 11.6. The van der Waals surface area contributed by atoms with Crippen LogP contribution in [0.3, 0.4) is 0 Å². The quantitative estimate of drug-likeness (QED) is 0.890. The summed E-state index contributed by atoms with van der Waals surface area (Å²) in [5, 5.41) is 3.16. The monoisotopic (exact) mass is 279 g/mol. The molecule has 2 aromatic rings. The smallest absolute Gasteiger partial charge is 0.140 e. The van der Waals surface area contributed by atoms with Crippen LogP contribution in [0.4, 0.5) is 8.78 Å².